The number of aryl methyl sites for hydroxylation is 1. The molecule has 0 aliphatic carbocycles. The van der Waals surface area contributed by atoms with Crippen molar-refractivity contribution < 1.29 is 18.6 Å². The first-order valence-corrected chi connectivity index (χ1v) is 2.41. The molecule has 1 rings (SSSR count). The van der Waals surface area contributed by atoms with Crippen LogP contribution in [0.3, 0.4) is 0 Å². The van der Waals surface area contributed by atoms with E-state index in [1.807, 2.05) is 18.2 Å². The van der Waals surface area contributed by atoms with Gasteiger partial charge in [0.05, 0.1) is 0 Å². The minimum absolute atomic E-state index is 0. The van der Waals surface area contributed by atoms with Gasteiger partial charge in [0.25, 0.3) is 0 Å². The molecule has 1 radical (unpaired) electrons. The molecule has 1 aromatic carbocycles. The number of hydrogen-bond donors (Lipinski definition) is 0. The second-order valence-electron chi connectivity index (χ2n) is 1.65. The van der Waals surface area contributed by atoms with Crippen molar-refractivity contribution in [2.45, 2.75) is 6.92 Å². The molecule has 0 N–H and O–H groups in total. The third-order valence-corrected chi connectivity index (χ3v) is 0.940. The first-order chi connectivity index (χ1) is 3.39. The molecule has 0 amide bonds. The van der Waals surface area contributed by atoms with Crippen LogP contribution >= 0.6 is 0 Å². The summed E-state index contributed by atoms with van der Waals surface area (Å²) < 4.78 is 0. The van der Waals surface area contributed by atoms with Crippen LogP contribution in [0.15, 0.2) is 30.3 Å². The fourth-order valence-electron chi connectivity index (χ4n) is 0.534. The Kier molecular flexibility index (Phi) is 3.67. The zero-order chi connectivity index (χ0) is 5.11. The van der Waals surface area contributed by atoms with Gasteiger partial charge in [0.2, 0.25) is 0 Å². The Morgan fingerprint density at radius 3 is 1.75 bits per heavy atom. The third-order valence-electron chi connectivity index (χ3n) is 0.940. The van der Waals surface area contributed by atoms with Gasteiger partial charge >= 0.3 is 0 Å². The quantitative estimate of drug-likeness (QED) is 0.521. The van der Waals surface area contributed by atoms with E-state index in [0.29, 0.717) is 0 Å². The average molecular weight is 143 g/mol. The largest absolute Gasteiger partial charge is 0.0622 e. The van der Waals surface area contributed by atoms with Crippen molar-refractivity contribution in [3.63, 3.8) is 0 Å². The van der Waals surface area contributed by atoms with E-state index in [9.17, 15) is 0 Å². The van der Waals surface area contributed by atoms with Crippen LogP contribution in [0, 0.1) is 6.92 Å². The third kappa shape index (κ3) is 2.20. The summed E-state index contributed by atoms with van der Waals surface area (Å²) in [6, 6.07) is 10.3. The topological polar surface area (TPSA) is 0 Å². The minimum atomic E-state index is 0. The van der Waals surface area contributed by atoms with Crippen LogP contribution in [-0.4, -0.2) is 0 Å². The molecule has 0 heterocycles. The predicted octanol–water partition coefficient (Wildman–Crippen LogP) is 1.99. The molecule has 1 heteroatoms. The molecule has 1 aromatic rings. The van der Waals surface area contributed by atoms with Crippen molar-refractivity contribution in [3.05, 3.63) is 35.9 Å². The van der Waals surface area contributed by atoms with Crippen LogP contribution in [0.4, 0.5) is 0 Å². The molecule has 0 fully saturated rings. The van der Waals surface area contributed by atoms with Gasteiger partial charge in [0.1, 0.15) is 0 Å². The van der Waals surface area contributed by atoms with E-state index < -0.39 is 0 Å². The van der Waals surface area contributed by atoms with Gasteiger partial charge in [0.15, 0.2) is 0 Å². The maximum absolute atomic E-state index is 2.08. The monoisotopic (exact) mass is 143 g/mol. The van der Waals surface area contributed by atoms with Gasteiger partial charge in [0, 0.05) is 18.6 Å². The summed E-state index contributed by atoms with van der Waals surface area (Å²) in [5, 5.41) is 0. The summed E-state index contributed by atoms with van der Waals surface area (Å²) in [5.74, 6) is 0. The average Bonchev–Trinajstić information content (AvgIpc) is 1.69. The SMILES string of the molecule is Cc1ccccc1.[V]. The molecule has 41 valence electrons. The van der Waals surface area contributed by atoms with Crippen LogP contribution < -0.4 is 0 Å². The summed E-state index contributed by atoms with van der Waals surface area (Å²) in [4.78, 5) is 0. The van der Waals surface area contributed by atoms with Gasteiger partial charge in [-0.1, -0.05) is 35.9 Å². The van der Waals surface area contributed by atoms with Crippen molar-refractivity contribution in [3.8, 4) is 0 Å². The van der Waals surface area contributed by atoms with Gasteiger partial charge in [-0.25, -0.2) is 0 Å². The van der Waals surface area contributed by atoms with Crippen LogP contribution in [0.2, 0.25) is 0 Å². The summed E-state index contributed by atoms with van der Waals surface area (Å²) >= 11 is 0. The van der Waals surface area contributed by atoms with Gasteiger partial charge in [-0.2, -0.15) is 0 Å². The molecule has 0 atom stereocenters. The smallest absolute Gasteiger partial charge is 0 e. The minimum Gasteiger partial charge on any atom is -0.0622 e. The molecule has 0 saturated heterocycles. The van der Waals surface area contributed by atoms with Crippen LogP contribution in [-0.2, 0) is 18.6 Å². The fourth-order valence-corrected chi connectivity index (χ4v) is 0.534. The molecule has 0 bridgehead atoms. The first-order valence-electron chi connectivity index (χ1n) is 2.41. The van der Waals surface area contributed by atoms with Crippen molar-refractivity contribution >= 4 is 0 Å². The first kappa shape index (κ1) is 7.80. The molecule has 0 aliphatic rings. The molecular formula is C7H8V. The molecule has 0 aromatic heterocycles. The molecule has 8 heavy (non-hydrogen) atoms. The Morgan fingerprint density at radius 1 is 1.00 bits per heavy atom. The predicted molar refractivity (Wildman–Crippen MR) is 31.2 cm³/mol. The normalized spacial score (nSPS) is 7.62. The standard InChI is InChI=1S/C7H8.V/c1-7-5-3-2-4-6-7;/h2-6H,1H3;. The van der Waals surface area contributed by atoms with Crippen LogP contribution in [0.1, 0.15) is 5.56 Å². The Labute approximate surface area is 61.8 Å². The van der Waals surface area contributed by atoms with E-state index in [0.717, 1.165) is 0 Å². The molecule has 0 aliphatic heterocycles. The van der Waals surface area contributed by atoms with Crippen molar-refractivity contribution in [1.29, 1.82) is 0 Å². The van der Waals surface area contributed by atoms with Crippen LogP contribution in [0.5, 0.6) is 0 Å². The second-order valence-corrected chi connectivity index (χ2v) is 1.65. The van der Waals surface area contributed by atoms with Gasteiger partial charge in [-0.3, -0.25) is 0 Å². The molecular weight excluding hydrogens is 135 g/mol. The van der Waals surface area contributed by atoms with E-state index in [4.69, 9.17) is 0 Å². The summed E-state index contributed by atoms with van der Waals surface area (Å²) in [5.41, 5.74) is 1.32. The molecule has 0 nitrogen and oxygen atoms in total. The van der Waals surface area contributed by atoms with Gasteiger partial charge in [-0.05, 0) is 6.92 Å². The molecule has 0 unspecified atom stereocenters. The van der Waals surface area contributed by atoms with Gasteiger partial charge in [-0.15, -0.1) is 0 Å². The summed E-state index contributed by atoms with van der Waals surface area (Å²) in [6.45, 7) is 2.08. The van der Waals surface area contributed by atoms with E-state index in [1.165, 1.54) is 5.56 Å². The van der Waals surface area contributed by atoms with Crippen LogP contribution in [0.25, 0.3) is 0 Å². The Morgan fingerprint density at radius 2 is 1.50 bits per heavy atom. The number of rotatable bonds is 0. The maximum Gasteiger partial charge on any atom is 0 e. The second kappa shape index (κ2) is 3.76. The maximum atomic E-state index is 2.08. The Hall–Kier alpha value is -0.196. The van der Waals surface area contributed by atoms with E-state index in [2.05, 4.69) is 19.1 Å². The number of hydrogen-bond acceptors (Lipinski definition) is 0. The Balaban J connectivity index is 0.000000490. The Bertz CT molecular complexity index is 134. The molecule has 0 saturated carbocycles. The van der Waals surface area contributed by atoms with E-state index >= 15 is 0 Å². The zero-order valence-corrected chi connectivity index (χ0v) is 6.23. The van der Waals surface area contributed by atoms with Crippen molar-refractivity contribution in [2.24, 2.45) is 0 Å². The fraction of sp³-hybridized carbons (Fsp3) is 0.143. The summed E-state index contributed by atoms with van der Waals surface area (Å²) in [6.07, 6.45) is 0. The number of benzene rings is 1. The van der Waals surface area contributed by atoms with Crippen molar-refractivity contribution in [1.82, 2.24) is 0 Å². The van der Waals surface area contributed by atoms with E-state index in [-0.39, 0.29) is 18.6 Å². The van der Waals surface area contributed by atoms with E-state index in [1.54, 1.807) is 0 Å². The van der Waals surface area contributed by atoms with Gasteiger partial charge < -0.3 is 0 Å². The molecule has 0 spiro atoms. The van der Waals surface area contributed by atoms with Crippen molar-refractivity contribution in [2.75, 3.05) is 0 Å². The zero-order valence-electron chi connectivity index (χ0n) is 4.83. The summed E-state index contributed by atoms with van der Waals surface area (Å²) in [7, 11) is 0.